The SMILES string of the molecule is CNCCCC(CC(C)=O)NC(=O)C(CCC(C)=O)NC(=O)C(CCC(C)=O)NC(=O)C(CCC(C)=O)NC. The van der Waals surface area contributed by atoms with E-state index in [1.54, 1.807) is 14.1 Å². The van der Waals surface area contributed by atoms with Crippen molar-refractivity contribution in [2.75, 3.05) is 20.6 Å². The van der Waals surface area contributed by atoms with Crippen LogP contribution in [0, 0.1) is 0 Å². The van der Waals surface area contributed by atoms with Crippen LogP contribution in [-0.2, 0) is 33.6 Å². The molecule has 0 aromatic carbocycles. The van der Waals surface area contributed by atoms with E-state index >= 15 is 0 Å². The highest BCUT2D eigenvalue weighted by molar-refractivity contribution is 5.94. The molecule has 0 aromatic heterocycles. The summed E-state index contributed by atoms with van der Waals surface area (Å²) in [4.78, 5) is 85.7. The Kier molecular flexibility index (Phi) is 18.5. The Bertz CT molecular complexity index is 861. The van der Waals surface area contributed by atoms with Gasteiger partial charge in [0, 0.05) is 31.7 Å². The standard InChI is InChI=1S/C27H47N5O7/c1-17(33)9-12-22(29-6)25(37)31-24(14-11-19(3)35)27(39)32-23(13-10-18(2)34)26(38)30-21(16-20(4)36)8-7-15-28-5/h21-24,28-29H,7-16H2,1-6H3,(H,30,38)(H,31,37)(H,32,39). The minimum atomic E-state index is -1.12. The molecule has 39 heavy (non-hydrogen) atoms. The van der Waals surface area contributed by atoms with Gasteiger partial charge in [0.1, 0.15) is 35.2 Å². The summed E-state index contributed by atoms with van der Waals surface area (Å²) in [7, 11) is 3.36. The highest BCUT2D eigenvalue weighted by Crippen LogP contribution is 2.08. The van der Waals surface area contributed by atoms with Crippen LogP contribution >= 0.6 is 0 Å². The molecule has 3 amide bonds. The number of carbonyl (C=O) groups is 7. The second-order valence-electron chi connectivity index (χ2n) is 10.0. The van der Waals surface area contributed by atoms with Gasteiger partial charge in [-0.25, -0.2) is 0 Å². The highest BCUT2D eigenvalue weighted by atomic mass is 16.2. The molecule has 0 saturated heterocycles. The molecule has 4 unspecified atom stereocenters. The van der Waals surface area contributed by atoms with Gasteiger partial charge in [0.05, 0.1) is 6.04 Å². The van der Waals surface area contributed by atoms with E-state index in [-0.39, 0.29) is 68.1 Å². The molecule has 222 valence electrons. The monoisotopic (exact) mass is 553 g/mol. The molecule has 0 bridgehead atoms. The number of carbonyl (C=O) groups excluding carboxylic acids is 7. The van der Waals surface area contributed by atoms with Crippen molar-refractivity contribution >= 4 is 40.9 Å². The average Bonchev–Trinajstić information content (AvgIpc) is 2.83. The smallest absolute Gasteiger partial charge is 0.243 e. The maximum Gasteiger partial charge on any atom is 0.243 e. The normalized spacial score (nSPS) is 13.9. The van der Waals surface area contributed by atoms with E-state index in [1.165, 1.54) is 27.7 Å². The fourth-order valence-electron chi connectivity index (χ4n) is 3.93. The minimum Gasteiger partial charge on any atom is -0.351 e. The summed E-state index contributed by atoms with van der Waals surface area (Å²) < 4.78 is 0. The van der Waals surface area contributed by atoms with Gasteiger partial charge in [0.2, 0.25) is 17.7 Å². The van der Waals surface area contributed by atoms with Gasteiger partial charge < -0.3 is 41.0 Å². The first-order valence-corrected chi connectivity index (χ1v) is 13.5. The number of hydrogen-bond donors (Lipinski definition) is 5. The van der Waals surface area contributed by atoms with Crippen LogP contribution < -0.4 is 26.6 Å². The molecule has 0 radical (unpaired) electrons. The maximum absolute atomic E-state index is 13.3. The van der Waals surface area contributed by atoms with E-state index in [0.717, 1.165) is 0 Å². The van der Waals surface area contributed by atoms with Gasteiger partial charge in [-0.3, -0.25) is 19.2 Å². The second-order valence-corrected chi connectivity index (χ2v) is 10.0. The van der Waals surface area contributed by atoms with Gasteiger partial charge >= 0.3 is 0 Å². The van der Waals surface area contributed by atoms with Crippen LogP contribution in [0.3, 0.4) is 0 Å². The first-order chi connectivity index (χ1) is 18.3. The first kappa shape index (κ1) is 36.0. The predicted molar refractivity (Wildman–Crippen MR) is 147 cm³/mol. The Balaban J connectivity index is 5.72. The molecular weight excluding hydrogens is 506 g/mol. The van der Waals surface area contributed by atoms with E-state index < -0.39 is 41.9 Å². The molecular formula is C27H47N5O7. The van der Waals surface area contributed by atoms with Crippen LogP contribution in [0.1, 0.15) is 85.5 Å². The fraction of sp³-hybridized carbons (Fsp3) is 0.741. The molecule has 0 aliphatic rings. The van der Waals surface area contributed by atoms with E-state index in [1.807, 2.05) is 0 Å². The van der Waals surface area contributed by atoms with Crippen LogP contribution in [0.25, 0.3) is 0 Å². The summed E-state index contributed by atoms with van der Waals surface area (Å²) in [6.07, 6.45) is 1.89. The van der Waals surface area contributed by atoms with Gasteiger partial charge in [-0.1, -0.05) is 0 Å². The lowest BCUT2D eigenvalue weighted by Gasteiger charge is -2.26. The van der Waals surface area contributed by atoms with Gasteiger partial charge in [0.15, 0.2) is 0 Å². The minimum absolute atomic E-state index is 0.00801. The van der Waals surface area contributed by atoms with Crippen molar-refractivity contribution in [3.05, 3.63) is 0 Å². The largest absolute Gasteiger partial charge is 0.351 e. The molecule has 0 heterocycles. The molecule has 0 fully saturated rings. The zero-order chi connectivity index (χ0) is 30.0. The Labute approximate surface area is 231 Å². The number of amides is 3. The third kappa shape index (κ3) is 17.3. The van der Waals surface area contributed by atoms with Crippen LogP contribution in [0.2, 0.25) is 0 Å². The number of Topliss-reactive ketones (excluding diaryl/α,β-unsaturated/α-hetero) is 4. The maximum atomic E-state index is 13.3. The highest BCUT2D eigenvalue weighted by Gasteiger charge is 2.30. The van der Waals surface area contributed by atoms with Crippen LogP contribution in [-0.4, -0.2) is 85.7 Å². The van der Waals surface area contributed by atoms with Crippen molar-refractivity contribution in [1.29, 1.82) is 0 Å². The molecule has 5 N–H and O–H groups in total. The van der Waals surface area contributed by atoms with Crippen LogP contribution in [0.4, 0.5) is 0 Å². The molecule has 0 rings (SSSR count). The van der Waals surface area contributed by atoms with Gasteiger partial charge in [-0.15, -0.1) is 0 Å². The topological polar surface area (TPSA) is 180 Å². The Hall–Kier alpha value is -2.99. The number of ketones is 4. The lowest BCUT2D eigenvalue weighted by atomic mass is 10.0. The molecule has 0 aliphatic carbocycles. The second kappa shape index (κ2) is 20.0. The van der Waals surface area contributed by atoms with E-state index in [0.29, 0.717) is 19.4 Å². The molecule has 0 saturated carbocycles. The summed E-state index contributed by atoms with van der Waals surface area (Å²) in [5.74, 6) is -2.24. The predicted octanol–water partition coefficient (Wildman–Crippen LogP) is 0.115. The van der Waals surface area contributed by atoms with Crippen molar-refractivity contribution in [3.63, 3.8) is 0 Å². The fourth-order valence-corrected chi connectivity index (χ4v) is 3.93. The molecule has 0 aromatic rings. The zero-order valence-corrected chi connectivity index (χ0v) is 24.2. The van der Waals surface area contributed by atoms with Crippen molar-refractivity contribution in [2.24, 2.45) is 0 Å². The molecule has 0 spiro atoms. The number of likely N-dealkylation sites (N-methyl/N-ethyl adjacent to an activating group) is 1. The molecule has 12 nitrogen and oxygen atoms in total. The van der Waals surface area contributed by atoms with Crippen LogP contribution in [0.15, 0.2) is 0 Å². The summed E-state index contributed by atoms with van der Waals surface area (Å²) >= 11 is 0. The lowest BCUT2D eigenvalue weighted by Crippen LogP contribution is -2.57. The molecule has 12 heteroatoms. The quantitative estimate of drug-likeness (QED) is 0.116. The summed E-state index contributed by atoms with van der Waals surface area (Å²) in [5, 5.41) is 13.9. The first-order valence-electron chi connectivity index (χ1n) is 13.5. The Morgan fingerprint density at radius 1 is 0.538 bits per heavy atom. The van der Waals surface area contributed by atoms with E-state index in [2.05, 4.69) is 26.6 Å². The van der Waals surface area contributed by atoms with Gasteiger partial charge in [-0.05, 0) is 80.4 Å². The number of hydrogen-bond acceptors (Lipinski definition) is 9. The number of rotatable bonds is 22. The Morgan fingerprint density at radius 3 is 1.33 bits per heavy atom. The summed E-state index contributed by atoms with van der Waals surface area (Å²) in [6.45, 7) is 6.30. The van der Waals surface area contributed by atoms with Crippen molar-refractivity contribution < 1.29 is 33.6 Å². The van der Waals surface area contributed by atoms with Gasteiger partial charge in [-0.2, -0.15) is 0 Å². The summed E-state index contributed by atoms with van der Waals surface area (Å²) in [5.41, 5.74) is 0. The van der Waals surface area contributed by atoms with E-state index in [4.69, 9.17) is 0 Å². The van der Waals surface area contributed by atoms with E-state index in [9.17, 15) is 33.6 Å². The van der Waals surface area contributed by atoms with Crippen LogP contribution in [0.5, 0.6) is 0 Å². The number of nitrogens with one attached hydrogen (secondary N) is 5. The summed E-state index contributed by atoms with van der Waals surface area (Å²) in [6, 6.07) is -3.38. The van der Waals surface area contributed by atoms with Gasteiger partial charge in [0.25, 0.3) is 0 Å². The third-order valence-electron chi connectivity index (χ3n) is 6.15. The average molecular weight is 554 g/mol. The molecule has 4 atom stereocenters. The lowest BCUT2D eigenvalue weighted by molar-refractivity contribution is -0.133. The molecule has 0 aliphatic heterocycles. The van der Waals surface area contributed by atoms with Crippen molar-refractivity contribution in [2.45, 2.75) is 110 Å². The zero-order valence-electron chi connectivity index (χ0n) is 24.2. The third-order valence-corrected chi connectivity index (χ3v) is 6.15. The van der Waals surface area contributed by atoms with Crippen molar-refractivity contribution in [3.8, 4) is 0 Å². The van der Waals surface area contributed by atoms with Crippen molar-refractivity contribution in [1.82, 2.24) is 26.6 Å². The Morgan fingerprint density at radius 2 is 0.949 bits per heavy atom.